The van der Waals surface area contributed by atoms with E-state index in [-0.39, 0.29) is 24.2 Å². The van der Waals surface area contributed by atoms with Crippen LogP contribution in [0.5, 0.6) is 5.75 Å². The third kappa shape index (κ3) is 7.62. The number of nitrogens with zero attached hydrogens (tertiary/aromatic N) is 4. The first kappa shape index (κ1) is 29.4. The average molecular weight is 641 g/mol. The monoisotopic (exact) mass is 639 g/mol. The minimum absolute atomic E-state index is 0.0352. The molecule has 41 heavy (non-hydrogen) atoms. The number of hydrogen-bond donors (Lipinski definition) is 1. The van der Waals surface area contributed by atoms with Crippen LogP contribution in [0.15, 0.2) is 53.3 Å². The van der Waals surface area contributed by atoms with Crippen LogP contribution < -0.4 is 15.0 Å². The van der Waals surface area contributed by atoms with Gasteiger partial charge >= 0.3 is 0 Å². The van der Waals surface area contributed by atoms with Crippen LogP contribution in [0.4, 0.5) is 5.69 Å². The molecular formula is C31H35BrClN5O3. The van der Waals surface area contributed by atoms with Crippen molar-refractivity contribution in [3.05, 3.63) is 75.0 Å². The lowest BCUT2D eigenvalue weighted by atomic mass is 9.92. The Balaban J connectivity index is 1.03. The van der Waals surface area contributed by atoms with Gasteiger partial charge < -0.3 is 19.7 Å². The van der Waals surface area contributed by atoms with Crippen molar-refractivity contribution in [1.82, 2.24) is 15.1 Å². The third-order valence-corrected chi connectivity index (χ3v) is 8.87. The normalized spacial score (nSPS) is 19.5. The summed E-state index contributed by atoms with van der Waals surface area (Å²) in [7, 11) is 0. The van der Waals surface area contributed by atoms with Gasteiger partial charge in [0, 0.05) is 42.1 Å². The van der Waals surface area contributed by atoms with E-state index in [1.54, 1.807) is 12.3 Å². The summed E-state index contributed by atoms with van der Waals surface area (Å²) in [5.41, 5.74) is 3.06. The molecule has 5 rings (SSSR count). The number of halogens is 2. The van der Waals surface area contributed by atoms with Crippen LogP contribution in [-0.2, 0) is 11.3 Å². The lowest BCUT2D eigenvalue weighted by molar-refractivity contribution is 0.0311. The highest BCUT2D eigenvalue weighted by Crippen LogP contribution is 2.32. The van der Waals surface area contributed by atoms with E-state index in [1.165, 1.54) is 0 Å². The van der Waals surface area contributed by atoms with E-state index in [1.807, 2.05) is 48.1 Å². The highest BCUT2D eigenvalue weighted by molar-refractivity contribution is 9.10. The Bertz CT molecular complexity index is 1370. The summed E-state index contributed by atoms with van der Waals surface area (Å²) in [4.78, 5) is 15.3. The molecule has 0 radical (unpaired) electrons. The third-order valence-electron chi connectivity index (χ3n) is 7.97. The summed E-state index contributed by atoms with van der Waals surface area (Å²) in [6, 6.07) is 13.7. The molecule has 216 valence electrons. The van der Waals surface area contributed by atoms with Gasteiger partial charge in [-0.2, -0.15) is 10.4 Å². The predicted molar refractivity (Wildman–Crippen MR) is 163 cm³/mol. The zero-order chi connectivity index (χ0) is 28.8. The average Bonchev–Trinajstić information content (AvgIpc) is 3.41. The van der Waals surface area contributed by atoms with E-state index in [0.717, 1.165) is 79.6 Å². The first-order valence-electron chi connectivity index (χ1n) is 14.2. The maximum atomic E-state index is 12.9. The number of nitrogens with one attached hydrogen (secondary N) is 1. The SMILES string of the molecule is Cc1c(OC2CCC(NC(=O)c3ccc(N4CCC(OCCn5cc(Br)cn5)CC4)cc3)CC2)ccc(C#N)c1Cl. The highest BCUT2D eigenvalue weighted by Gasteiger charge is 2.25. The molecule has 1 aliphatic carbocycles. The maximum absolute atomic E-state index is 12.9. The molecule has 1 amide bonds. The van der Waals surface area contributed by atoms with Gasteiger partial charge in [-0.15, -0.1) is 0 Å². The van der Waals surface area contributed by atoms with E-state index >= 15 is 0 Å². The second-order valence-corrected chi connectivity index (χ2v) is 12.0. The predicted octanol–water partition coefficient (Wildman–Crippen LogP) is 6.28. The molecule has 3 aromatic rings. The molecule has 2 aromatic carbocycles. The number of ether oxygens (including phenoxy) is 2. The lowest BCUT2D eigenvalue weighted by Crippen LogP contribution is -2.39. The molecule has 0 unspecified atom stereocenters. The molecule has 2 fully saturated rings. The summed E-state index contributed by atoms with van der Waals surface area (Å²) >= 11 is 9.70. The first-order chi connectivity index (χ1) is 19.9. The summed E-state index contributed by atoms with van der Waals surface area (Å²) in [6.45, 7) is 5.14. The number of nitriles is 1. The fraction of sp³-hybridized carbons (Fsp3) is 0.452. The van der Waals surface area contributed by atoms with Crippen molar-refractivity contribution < 1.29 is 14.3 Å². The Hall–Kier alpha value is -3.06. The zero-order valence-corrected chi connectivity index (χ0v) is 25.5. The topological polar surface area (TPSA) is 92.4 Å². The van der Waals surface area contributed by atoms with Crippen molar-refractivity contribution >= 4 is 39.1 Å². The second-order valence-electron chi connectivity index (χ2n) is 10.8. The van der Waals surface area contributed by atoms with E-state index in [2.05, 4.69) is 37.3 Å². The summed E-state index contributed by atoms with van der Waals surface area (Å²) in [5, 5.41) is 17.1. The van der Waals surface area contributed by atoms with Crippen molar-refractivity contribution in [1.29, 1.82) is 5.26 Å². The molecule has 1 N–H and O–H groups in total. The fourth-order valence-electron chi connectivity index (χ4n) is 5.53. The molecule has 0 bridgehead atoms. The number of amides is 1. The molecule has 1 saturated heterocycles. The number of anilines is 1. The molecule has 1 aliphatic heterocycles. The molecule has 10 heteroatoms. The number of benzene rings is 2. The number of piperidine rings is 1. The van der Waals surface area contributed by atoms with Gasteiger partial charge in [0.2, 0.25) is 0 Å². The van der Waals surface area contributed by atoms with Crippen molar-refractivity contribution in [3.8, 4) is 11.8 Å². The Morgan fingerprint density at radius 3 is 2.49 bits per heavy atom. The number of carbonyl (C=O) groups is 1. The molecular weight excluding hydrogens is 606 g/mol. The van der Waals surface area contributed by atoms with Crippen LogP contribution in [0.2, 0.25) is 5.02 Å². The Morgan fingerprint density at radius 2 is 1.83 bits per heavy atom. The largest absolute Gasteiger partial charge is 0.490 e. The first-order valence-corrected chi connectivity index (χ1v) is 15.4. The quantitative estimate of drug-likeness (QED) is 0.296. The highest BCUT2D eigenvalue weighted by atomic mass is 79.9. The molecule has 1 saturated carbocycles. The summed E-state index contributed by atoms with van der Waals surface area (Å²) in [5.74, 6) is 0.684. The van der Waals surface area contributed by atoms with Crippen LogP contribution in [0.25, 0.3) is 0 Å². The maximum Gasteiger partial charge on any atom is 0.251 e. The van der Waals surface area contributed by atoms with Gasteiger partial charge in [0.25, 0.3) is 5.91 Å². The second kappa shape index (κ2) is 13.7. The van der Waals surface area contributed by atoms with Gasteiger partial charge in [-0.05, 0) is 97.8 Å². The van der Waals surface area contributed by atoms with Crippen LogP contribution in [-0.4, -0.2) is 53.6 Å². The lowest BCUT2D eigenvalue weighted by Gasteiger charge is -2.33. The molecule has 8 nitrogen and oxygen atoms in total. The Kier molecular flexibility index (Phi) is 9.86. The Morgan fingerprint density at radius 1 is 1.10 bits per heavy atom. The van der Waals surface area contributed by atoms with Gasteiger partial charge in [-0.3, -0.25) is 9.48 Å². The summed E-state index contributed by atoms with van der Waals surface area (Å²) < 4.78 is 15.1. The molecule has 0 spiro atoms. The number of rotatable bonds is 9. The van der Waals surface area contributed by atoms with Gasteiger partial charge in [0.05, 0.1) is 46.6 Å². The molecule has 0 atom stereocenters. The number of hydrogen-bond acceptors (Lipinski definition) is 6. The van der Waals surface area contributed by atoms with E-state index in [0.29, 0.717) is 22.8 Å². The Labute approximate surface area is 254 Å². The molecule has 2 aliphatic rings. The van der Waals surface area contributed by atoms with Gasteiger partial charge in [0.15, 0.2) is 0 Å². The van der Waals surface area contributed by atoms with E-state index in [9.17, 15) is 4.79 Å². The van der Waals surface area contributed by atoms with Crippen LogP contribution in [0.1, 0.15) is 60.0 Å². The van der Waals surface area contributed by atoms with Crippen molar-refractivity contribution in [2.75, 3.05) is 24.6 Å². The van der Waals surface area contributed by atoms with E-state index in [4.69, 9.17) is 26.3 Å². The fourth-order valence-corrected chi connectivity index (χ4v) is 6.06. The minimum Gasteiger partial charge on any atom is -0.490 e. The van der Waals surface area contributed by atoms with Gasteiger partial charge in [0.1, 0.15) is 11.8 Å². The van der Waals surface area contributed by atoms with Gasteiger partial charge in [-0.25, -0.2) is 0 Å². The van der Waals surface area contributed by atoms with Crippen molar-refractivity contribution in [3.63, 3.8) is 0 Å². The van der Waals surface area contributed by atoms with Crippen LogP contribution in [0, 0.1) is 18.3 Å². The number of carbonyl (C=O) groups excluding carboxylic acids is 1. The minimum atomic E-state index is -0.0352. The van der Waals surface area contributed by atoms with Gasteiger partial charge in [-0.1, -0.05) is 11.6 Å². The number of aromatic nitrogens is 2. The molecule has 2 heterocycles. The van der Waals surface area contributed by atoms with Crippen molar-refractivity contribution in [2.45, 2.75) is 70.2 Å². The van der Waals surface area contributed by atoms with Crippen LogP contribution in [0.3, 0.4) is 0 Å². The zero-order valence-electron chi connectivity index (χ0n) is 23.2. The molecule has 1 aromatic heterocycles. The standard InChI is InChI=1S/C31H35BrClN5O3/c1-21-29(11-4-23(18-34)30(21)33)41-28-9-5-25(6-10-28)36-31(39)22-2-7-26(8-3-22)37-14-12-27(13-15-37)40-17-16-38-20-24(32)19-35-38/h2-4,7-8,11,19-20,25,27-28H,5-6,9-10,12-17H2,1H3,(H,36,39). The van der Waals surface area contributed by atoms with Crippen LogP contribution >= 0.6 is 27.5 Å². The summed E-state index contributed by atoms with van der Waals surface area (Å²) in [6.07, 6.45) is 9.44. The van der Waals surface area contributed by atoms with Crippen molar-refractivity contribution in [2.24, 2.45) is 0 Å². The smallest absolute Gasteiger partial charge is 0.251 e. The van der Waals surface area contributed by atoms with E-state index < -0.39 is 0 Å².